The van der Waals surface area contributed by atoms with Crippen LogP contribution in [0.4, 0.5) is 8.78 Å². The standard InChI is InChI=1S/C4H8F2OS/c1-4(5,6)3-7-8-2/h3H2,1-2H3. The van der Waals surface area contributed by atoms with Crippen LogP contribution in [0.5, 0.6) is 0 Å². The van der Waals surface area contributed by atoms with E-state index in [1.54, 1.807) is 6.26 Å². The third-order valence-electron chi connectivity index (χ3n) is 0.430. The molecule has 0 radical (unpaired) electrons. The van der Waals surface area contributed by atoms with Gasteiger partial charge in [0.25, 0.3) is 5.92 Å². The summed E-state index contributed by atoms with van der Waals surface area (Å²) in [6.45, 7) is 0.317. The van der Waals surface area contributed by atoms with Gasteiger partial charge in [-0.2, -0.15) is 0 Å². The fourth-order valence-corrected chi connectivity index (χ4v) is 0.487. The second-order valence-electron chi connectivity index (χ2n) is 1.50. The highest BCUT2D eigenvalue weighted by atomic mass is 32.2. The van der Waals surface area contributed by atoms with Crippen molar-refractivity contribution in [2.45, 2.75) is 12.8 Å². The van der Waals surface area contributed by atoms with E-state index < -0.39 is 12.5 Å². The van der Waals surface area contributed by atoms with Crippen molar-refractivity contribution in [3.05, 3.63) is 0 Å². The summed E-state index contributed by atoms with van der Waals surface area (Å²) < 4.78 is 27.9. The van der Waals surface area contributed by atoms with Gasteiger partial charge in [0.15, 0.2) is 0 Å². The summed E-state index contributed by atoms with van der Waals surface area (Å²) in [6.07, 6.45) is 1.60. The first-order valence-corrected chi connectivity index (χ1v) is 3.24. The molecule has 0 aromatic rings. The molecule has 50 valence electrons. The molecule has 0 aliphatic carbocycles. The Hall–Kier alpha value is 0.170. The molecule has 0 saturated heterocycles. The summed E-state index contributed by atoms with van der Waals surface area (Å²) in [5, 5.41) is 0. The van der Waals surface area contributed by atoms with Crippen LogP contribution in [0, 0.1) is 0 Å². The minimum atomic E-state index is -2.69. The summed E-state index contributed by atoms with van der Waals surface area (Å²) in [4.78, 5) is 0. The van der Waals surface area contributed by atoms with Crippen LogP contribution in [0.25, 0.3) is 0 Å². The van der Waals surface area contributed by atoms with E-state index in [1.165, 1.54) is 0 Å². The Morgan fingerprint density at radius 3 is 2.25 bits per heavy atom. The van der Waals surface area contributed by atoms with Crippen molar-refractivity contribution in [2.24, 2.45) is 0 Å². The number of hydrogen-bond donors (Lipinski definition) is 0. The molecule has 0 unspecified atom stereocenters. The van der Waals surface area contributed by atoms with Gasteiger partial charge < -0.3 is 4.18 Å². The van der Waals surface area contributed by atoms with E-state index in [2.05, 4.69) is 4.18 Å². The highest BCUT2D eigenvalue weighted by Crippen LogP contribution is 2.13. The predicted octanol–water partition coefficient (Wildman–Crippen LogP) is 1.94. The second kappa shape index (κ2) is 3.25. The molecule has 0 bridgehead atoms. The van der Waals surface area contributed by atoms with Crippen LogP contribution in [-0.2, 0) is 4.18 Å². The van der Waals surface area contributed by atoms with Crippen molar-refractivity contribution >= 4 is 12.0 Å². The Bertz CT molecular complexity index is 61.5. The van der Waals surface area contributed by atoms with Gasteiger partial charge in [-0.1, -0.05) is 0 Å². The van der Waals surface area contributed by atoms with Crippen LogP contribution < -0.4 is 0 Å². The fourth-order valence-electron chi connectivity index (χ4n) is 0.162. The van der Waals surface area contributed by atoms with Gasteiger partial charge in [-0.25, -0.2) is 8.78 Å². The van der Waals surface area contributed by atoms with E-state index in [1.807, 2.05) is 0 Å². The quantitative estimate of drug-likeness (QED) is 0.557. The average molecular weight is 142 g/mol. The Kier molecular flexibility index (Phi) is 3.31. The molecule has 0 aromatic carbocycles. The summed E-state index contributed by atoms with van der Waals surface area (Å²) in [7, 11) is 0. The zero-order valence-corrected chi connectivity index (χ0v) is 5.60. The first-order valence-electron chi connectivity index (χ1n) is 2.10. The van der Waals surface area contributed by atoms with Gasteiger partial charge in [0.05, 0.1) is 0 Å². The minimum Gasteiger partial charge on any atom is -0.309 e. The molecule has 0 aromatic heterocycles. The van der Waals surface area contributed by atoms with Crippen molar-refractivity contribution in [1.29, 1.82) is 0 Å². The molecule has 0 aliphatic rings. The van der Waals surface area contributed by atoms with E-state index >= 15 is 0 Å². The van der Waals surface area contributed by atoms with Crippen molar-refractivity contribution < 1.29 is 13.0 Å². The van der Waals surface area contributed by atoms with E-state index in [0.29, 0.717) is 0 Å². The lowest BCUT2D eigenvalue weighted by atomic mass is 10.4. The van der Waals surface area contributed by atoms with Crippen LogP contribution >= 0.6 is 12.0 Å². The van der Waals surface area contributed by atoms with E-state index in [-0.39, 0.29) is 0 Å². The molecule has 0 aliphatic heterocycles. The Morgan fingerprint density at radius 2 is 2.12 bits per heavy atom. The Balaban J connectivity index is 3.11. The van der Waals surface area contributed by atoms with Gasteiger partial charge >= 0.3 is 0 Å². The van der Waals surface area contributed by atoms with Crippen LogP contribution in [-0.4, -0.2) is 18.8 Å². The monoisotopic (exact) mass is 142 g/mol. The van der Waals surface area contributed by atoms with Crippen LogP contribution in [0.15, 0.2) is 0 Å². The molecule has 8 heavy (non-hydrogen) atoms. The predicted molar refractivity (Wildman–Crippen MR) is 30.1 cm³/mol. The topological polar surface area (TPSA) is 9.23 Å². The maximum atomic E-state index is 11.8. The highest BCUT2D eigenvalue weighted by molar-refractivity contribution is 7.93. The smallest absolute Gasteiger partial charge is 0.269 e. The van der Waals surface area contributed by atoms with Gasteiger partial charge in [0.2, 0.25) is 0 Å². The summed E-state index contributed by atoms with van der Waals surface area (Å²) in [6, 6.07) is 0. The maximum Gasteiger partial charge on any atom is 0.269 e. The molecule has 0 amide bonds. The molecule has 0 spiro atoms. The highest BCUT2D eigenvalue weighted by Gasteiger charge is 2.20. The zero-order valence-electron chi connectivity index (χ0n) is 4.78. The normalized spacial score (nSPS) is 12.0. The molecular formula is C4H8F2OS. The largest absolute Gasteiger partial charge is 0.309 e. The maximum absolute atomic E-state index is 11.8. The van der Waals surface area contributed by atoms with E-state index in [4.69, 9.17) is 0 Å². The third-order valence-corrected chi connectivity index (χ3v) is 0.784. The van der Waals surface area contributed by atoms with Gasteiger partial charge in [-0.3, -0.25) is 0 Å². The molecule has 0 fully saturated rings. The molecule has 4 heteroatoms. The molecule has 0 saturated carbocycles. The van der Waals surface area contributed by atoms with Gasteiger partial charge in [-0.05, 0) is 12.0 Å². The first-order chi connectivity index (χ1) is 3.56. The lowest BCUT2D eigenvalue weighted by molar-refractivity contribution is -0.0168. The summed E-state index contributed by atoms with van der Waals surface area (Å²) in [5.74, 6) is -2.69. The van der Waals surface area contributed by atoms with Crippen molar-refractivity contribution in [2.75, 3.05) is 12.9 Å². The fraction of sp³-hybridized carbons (Fsp3) is 1.00. The second-order valence-corrected chi connectivity index (χ2v) is 2.07. The summed E-state index contributed by atoms with van der Waals surface area (Å²) in [5.41, 5.74) is 0. The van der Waals surface area contributed by atoms with Gasteiger partial charge in [0, 0.05) is 13.2 Å². The number of rotatable bonds is 3. The van der Waals surface area contributed by atoms with Crippen molar-refractivity contribution in [1.82, 2.24) is 0 Å². The van der Waals surface area contributed by atoms with Gasteiger partial charge in [0.1, 0.15) is 6.61 Å². The Morgan fingerprint density at radius 1 is 1.62 bits per heavy atom. The lowest BCUT2D eigenvalue weighted by Gasteiger charge is -2.06. The van der Waals surface area contributed by atoms with Crippen LogP contribution in [0.3, 0.4) is 0 Å². The van der Waals surface area contributed by atoms with Crippen molar-refractivity contribution in [3.8, 4) is 0 Å². The van der Waals surface area contributed by atoms with Crippen LogP contribution in [0.1, 0.15) is 6.92 Å². The van der Waals surface area contributed by atoms with Crippen LogP contribution in [0.2, 0.25) is 0 Å². The molecular weight excluding hydrogens is 134 g/mol. The zero-order chi connectivity index (χ0) is 6.62. The Labute approximate surface area is 51.6 Å². The van der Waals surface area contributed by atoms with Crippen molar-refractivity contribution in [3.63, 3.8) is 0 Å². The lowest BCUT2D eigenvalue weighted by Crippen LogP contribution is -2.16. The summed E-state index contributed by atoms with van der Waals surface area (Å²) >= 11 is 0.948. The molecule has 0 heterocycles. The average Bonchev–Trinajstić information content (AvgIpc) is 1.59. The SMILES string of the molecule is CSOCC(C)(F)F. The third kappa shape index (κ3) is 6.17. The first kappa shape index (κ1) is 8.17. The molecule has 0 atom stereocenters. The number of halogens is 2. The number of alkyl halides is 2. The molecule has 1 nitrogen and oxygen atoms in total. The van der Waals surface area contributed by atoms with E-state index in [9.17, 15) is 8.78 Å². The molecule has 0 rings (SSSR count). The van der Waals surface area contributed by atoms with Gasteiger partial charge in [-0.15, -0.1) is 0 Å². The minimum absolute atomic E-state index is 0.506. The molecule has 0 N–H and O–H groups in total. The number of hydrogen-bond acceptors (Lipinski definition) is 2. The van der Waals surface area contributed by atoms with E-state index in [0.717, 1.165) is 19.0 Å².